The summed E-state index contributed by atoms with van der Waals surface area (Å²) in [6, 6.07) is 16.0. The molecule has 1 atom stereocenters. The third kappa shape index (κ3) is 5.25. The van der Waals surface area contributed by atoms with Crippen molar-refractivity contribution in [3.8, 4) is 11.5 Å². The zero-order chi connectivity index (χ0) is 19.2. The second-order valence-corrected chi connectivity index (χ2v) is 7.29. The van der Waals surface area contributed by atoms with Crippen molar-refractivity contribution in [2.45, 2.75) is 45.1 Å². The maximum Gasteiger partial charge on any atom is 0.224 e. The molecule has 0 saturated carbocycles. The van der Waals surface area contributed by atoms with Crippen molar-refractivity contribution >= 4 is 5.91 Å². The van der Waals surface area contributed by atoms with Crippen molar-refractivity contribution in [3.63, 3.8) is 0 Å². The standard InChI is InChI=1S/C22H29NO3/c1-16(15-22(2,3)18-9-7-6-8-10-18)23-21(24)14-17-11-12-19(25-4)20(13-17)26-5/h6-13,16H,14-15H2,1-5H3,(H,23,24). The van der Waals surface area contributed by atoms with Gasteiger partial charge in [-0.05, 0) is 42.0 Å². The molecule has 1 amide bonds. The molecule has 0 saturated heterocycles. The zero-order valence-corrected chi connectivity index (χ0v) is 16.3. The Labute approximate surface area is 156 Å². The summed E-state index contributed by atoms with van der Waals surface area (Å²) in [4.78, 5) is 12.4. The van der Waals surface area contributed by atoms with E-state index < -0.39 is 0 Å². The molecule has 4 heteroatoms. The smallest absolute Gasteiger partial charge is 0.224 e. The summed E-state index contributed by atoms with van der Waals surface area (Å²) >= 11 is 0. The lowest BCUT2D eigenvalue weighted by atomic mass is 9.79. The molecule has 1 unspecified atom stereocenters. The van der Waals surface area contributed by atoms with Gasteiger partial charge in [0, 0.05) is 6.04 Å². The van der Waals surface area contributed by atoms with Crippen LogP contribution < -0.4 is 14.8 Å². The Morgan fingerprint density at radius 1 is 1.04 bits per heavy atom. The lowest BCUT2D eigenvalue weighted by molar-refractivity contribution is -0.121. The van der Waals surface area contributed by atoms with E-state index in [1.165, 1.54) is 5.56 Å². The van der Waals surface area contributed by atoms with Crippen molar-refractivity contribution in [1.82, 2.24) is 5.32 Å². The number of benzene rings is 2. The number of amides is 1. The van der Waals surface area contributed by atoms with Crippen LogP contribution in [-0.4, -0.2) is 26.2 Å². The van der Waals surface area contributed by atoms with Gasteiger partial charge in [0.05, 0.1) is 20.6 Å². The number of ether oxygens (including phenoxy) is 2. The SMILES string of the molecule is COc1ccc(CC(=O)NC(C)CC(C)(C)c2ccccc2)cc1OC. The number of hydrogen-bond donors (Lipinski definition) is 1. The second-order valence-electron chi connectivity index (χ2n) is 7.29. The van der Waals surface area contributed by atoms with Crippen LogP contribution in [0.5, 0.6) is 11.5 Å². The van der Waals surface area contributed by atoms with Gasteiger partial charge in [-0.25, -0.2) is 0 Å². The van der Waals surface area contributed by atoms with E-state index in [1.54, 1.807) is 14.2 Å². The summed E-state index contributed by atoms with van der Waals surface area (Å²) in [5.41, 5.74) is 2.17. The van der Waals surface area contributed by atoms with E-state index in [9.17, 15) is 4.79 Å². The molecule has 2 aromatic carbocycles. The first kappa shape index (κ1) is 19.8. The summed E-state index contributed by atoms with van der Waals surface area (Å²) in [7, 11) is 3.19. The molecule has 2 rings (SSSR count). The predicted molar refractivity (Wildman–Crippen MR) is 105 cm³/mol. The summed E-state index contributed by atoms with van der Waals surface area (Å²) < 4.78 is 10.5. The average molecular weight is 355 g/mol. The van der Waals surface area contributed by atoms with Gasteiger partial charge in [-0.3, -0.25) is 4.79 Å². The molecule has 26 heavy (non-hydrogen) atoms. The van der Waals surface area contributed by atoms with E-state index in [4.69, 9.17) is 9.47 Å². The summed E-state index contributed by atoms with van der Waals surface area (Å²) in [5.74, 6) is 1.30. The van der Waals surface area contributed by atoms with Crippen LogP contribution in [0.15, 0.2) is 48.5 Å². The number of methoxy groups -OCH3 is 2. The second kappa shape index (κ2) is 8.75. The number of rotatable bonds is 8. The summed E-state index contributed by atoms with van der Waals surface area (Å²) in [6.45, 7) is 6.47. The first-order valence-corrected chi connectivity index (χ1v) is 8.91. The number of nitrogens with one attached hydrogen (secondary N) is 1. The minimum atomic E-state index is -0.00269. The first-order chi connectivity index (χ1) is 12.4. The lowest BCUT2D eigenvalue weighted by Gasteiger charge is -2.29. The maximum absolute atomic E-state index is 12.4. The van der Waals surface area contributed by atoms with Crippen molar-refractivity contribution in [2.24, 2.45) is 0 Å². The molecule has 0 heterocycles. The van der Waals surface area contributed by atoms with Gasteiger partial charge < -0.3 is 14.8 Å². The quantitative estimate of drug-likeness (QED) is 0.775. The summed E-state index contributed by atoms with van der Waals surface area (Å²) in [6.07, 6.45) is 1.19. The molecular weight excluding hydrogens is 326 g/mol. The Morgan fingerprint density at radius 3 is 2.31 bits per heavy atom. The van der Waals surface area contributed by atoms with Crippen LogP contribution in [0.4, 0.5) is 0 Å². The molecule has 4 nitrogen and oxygen atoms in total. The minimum Gasteiger partial charge on any atom is -0.493 e. The van der Waals surface area contributed by atoms with Gasteiger partial charge in [0.15, 0.2) is 11.5 Å². The van der Waals surface area contributed by atoms with E-state index >= 15 is 0 Å². The Bertz CT molecular complexity index is 725. The van der Waals surface area contributed by atoms with E-state index in [2.05, 4.69) is 50.4 Å². The van der Waals surface area contributed by atoms with Crippen molar-refractivity contribution in [2.75, 3.05) is 14.2 Å². The highest BCUT2D eigenvalue weighted by Crippen LogP contribution is 2.29. The van der Waals surface area contributed by atoms with Gasteiger partial charge in [-0.1, -0.05) is 50.2 Å². The Morgan fingerprint density at radius 2 is 1.69 bits per heavy atom. The van der Waals surface area contributed by atoms with Gasteiger partial charge in [0.2, 0.25) is 5.91 Å². The highest BCUT2D eigenvalue weighted by molar-refractivity contribution is 5.79. The first-order valence-electron chi connectivity index (χ1n) is 8.91. The fraction of sp³-hybridized carbons (Fsp3) is 0.409. The molecule has 0 bridgehead atoms. The highest BCUT2D eigenvalue weighted by atomic mass is 16.5. The topological polar surface area (TPSA) is 47.6 Å². The van der Waals surface area contributed by atoms with E-state index in [0.717, 1.165) is 12.0 Å². The maximum atomic E-state index is 12.4. The summed E-state index contributed by atoms with van der Waals surface area (Å²) in [5, 5.41) is 3.11. The fourth-order valence-corrected chi connectivity index (χ4v) is 3.33. The Balaban J connectivity index is 1.95. The van der Waals surface area contributed by atoms with E-state index in [-0.39, 0.29) is 17.4 Å². The molecule has 0 spiro atoms. The molecule has 140 valence electrons. The number of hydrogen-bond acceptors (Lipinski definition) is 3. The molecule has 1 N–H and O–H groups in total. The number of carbonyl (C=O) groups excluding carboxylic acids is 1. The molecular formula is C22H29NO3. The van der Waals surface area contributed by atoms with Gasteiger partial charge in [-0.2, -0.15) is 0 Å². The molecule has 0 aliphatic rings. The van der Waals surface area contributed by atoms with Crippen molar-refractivity contribution in [1.29, 1.82) is 0 Å². The van der Waals surface area contributed by atoms with Crippen LogP contribution in [0.2, 0.25) is 0 Å². The Kier molecular flexibility index (Phi) is 6.67. The predicted octanol–water partition coefficient (Wildman–Crippen LogP) is 4.12. The van der Waals surface area contributed by atoms with E-state index in [0.29, 0.717) is 17.9 Å². The van der Waals surface area contributed by atoms with Crippen molar-refractivity contribution < 1.29 is 14.3 Å². The van der Waals surface area contributed by atoms with E-state index in [1.807, 2.05) is 24.3 Å². The third-order valence-corrected chi connectivity index (χ3v) is 4.59. The van der Waals surface area contributed by atoms with Gasteiger partial charge in [0.25, 0.3) is 0 Å². The third-order valence-electron chi connectivity index (χ3n) is 4.59. The molecule has 0 fully saturated rings. The van der Waals surface area contributed by atoms with Gasteiger partial charge in [0.1, 0.15) is 0 Å². The van der Waals surface area contributed by atoms with Crippen LogP contribution in [0.1, 0.15) is 38.3 Å². The lowest BCUT2D eigenvalue weighted by Crippen LogP contribution is -2.38. The molecule has 0 aromatic heterocycles. The van der Waals surface area contributed by atoms with Gasteiger partial charge in [-0.15, -0.1) is 0 Å². The fourth-order valence-electron chi connectivity index (χ4n) is 3.33. The van der Waals surface area contributed by atoms with Crippen molar-refractivity contribution in [3.05, 3.63) is 59.7 Å². The highest BCUT2D eigenvalue weighted by Gasteiger charge is 2.24. The van der Waals surface area contributed by atoms with Gasteiger partial charge >= 0.3 is 0 Å². The minimum absolute atomic E-state index is 0.00269. The normalized spacial score (nSPS) is 12.3. The average Bonchev–Trinajstić information content (AvgIpc) is 2.61. The Hall–Kier alpha value is -2.49. The number of carbonyl (C=O) groups is 1. The molecule has 0 aliphatic carbocycles. The van der Waals surface area contributed by atoms with Crippen LogP contribution >= 0.6 is 0 Å². The largest absolute Gasteiger partial charge is 0.493 e. The zero-order valence-electron chi connectivity index (χ0n) is 16.3. The van der Waals surface area contributed by atoms with Crippen LogP contribution in [0, 0.1) is 0 Å². The molecule has 0 radical (unpaired) electrons. The van der Waals surface area contributed by atoms with Crippen LogP contribution in [-0.2, 0) is 16.6 Å². The monoisotopic (exact) mass is 355 g/mol. The van der Waals surface area contributed by atoms with Crippen LogP contribution in [0.3, 0.4) is 0 Å². The van der Waals surface area contributed by atoms with Crippen LogP contribution in [0.25, 0.3) is 0 Å². The molecule has 0 aliphatic heterocycles. The molecule has 2 aromatic rings.